The summed E-state index contributed by atoms with van der Waals surface area (Å²) < 4.78 is 5.61. The summed E-state index contributed by atoms with van der Waals surface area (Å²) in [5.41, 5.74) is 1.23. The SMILES string of the molecule is CCN(CC(O)c1ccc(C)cc1)C(=O)C1(OC)CCNCC1.Cl. The van der Waals surface area contributed by atoms with Gasteiger partial charge in [-0.2, -0.15) is 0 Å². The first-order valence-electron chi connectivity index (χ1n) is 8.32. The van der Waals surface area contributed by atoms with Crippen LogP contribution in [0.15, 0.2) is 24.3 Å². The molecule has 5 nitrogen and oxygen atoms in total. The van der Waals surface area contributed by atoms with Crippen molar-refractivity contribution in [2.24, 2.45) is 0 Å². The predicted octanol–water partition coefficient (Wildman–Crippen LogP) is 2.07. The molecule has 24 heavy (non-hydrogen) atoms. The van der Waals surface area contributed by atoms with E-state index >= 15 is 0 Å². The number of methoxy groups -OCH3 is 1. The van der Waals surface area contributed by atoms with E-state index in [1.807, 2.05) is 38.1 Å². The minimum absolute atomic E-state index is 0. The second kappa shape index (κ2) is 9.37. The van der Waals surface area contributed by atoms with Crippen molar-refractivity contribution in [1.29, 1.82) is 0 Å². The number of likely N-dealkylation sites (N-methyl/N-ethyl adjacent to an activating group) is 1. The molecule has 1 aromatic rings. The van der Waals surface area contributed by atoms with Crippen molar-refractivity contribution in [2.45, 2.75) is 38.4 Å². The van der Waals surface area contributed by atoms with Crippen LogP contribution in [-0.2, 0) is 9.53 Å². The van der Waals surface area contributed by atoms with Gasteiger partial charge >= 0.3 is 0 Å². The molecule has 1 aliphatic rings. The number of hydrogen-bond donors (Lipinski definition) is 2. The smallest absolute Gasteiger partial charge is 0.254 e. The number of carbonyl (C=O) groups is 1. The van der Waals surface area contributed by atoms with Crippen LogP contribution in [-0.4, -0.2) is 54.8 Å². The van der Waals surface area contributed by atoms with Gasteiger partial charge in [-0.05, 0) is 45.3 Å². The molecular formula is C18H29ClN2O3. The van der Waals surface area contributed by atoms with Crippen molar-refractivity contribution in [3.63, 3.8) is 0 Å². The molecule has 1 heterocycles. The lowest BCUT2D eigenvalue weighted by molar-refractivity contribution is -0.159. The van der Waals surface area contributed by atoms with Crippen molar-refractivity contribution < 1.29 is 14.6 Å². The summed E-state index contributed by atoms with van der Waals surface area (Å²) in [5.74, 6) is -0.0184. The Kier molecular flexibility index (Phi) is 8.16. The lowest BCUT2D eigenvalue weighted by Gasteiger charge is -2.39. The van der Waals surface area contributed by atoms with Gasteiger partial charge in [-0.15, -0.1) is 12.4 Å². The third-order valence-corrected chi connectivity index (χ3v) is 4.72. The Labute approximate surface area is 150 Å². The molecule has 1 aromatic carbocycles. The fraction of sp³-hybridized carbons (Fsp3) is 0.611. The van der Waals surface area contributed by atoms with E-state index < -0.39 is 11.7 Å². The molecule has 2 rings (SSSR count). The van der Waals surface area contributed by atoms with Gasteiger partial charge in [-0.1, -0.05) is 29.8 Å². The van der Waals surface area contributed by atoms with Crippen LogP contribution >= 0.6 is 12.4 Å². The first-order chi connectivity index (χ1) is 11.0. The van der Waals surface area contributed by atoms with E-state index in [0.29, 0.717) is 19.4 Å². The van der Waals surface area contributed by atoms with E-state index in [1.54, 1.807) is 12.0 Å². The monoisotopic (exact) mass is 356 g/mol. The molecule has 2 N–H and O–H groups in total. The molecule has 0 aliphatic carbocycles. The molecule has 0 aromatic heterocycles. The van der Waals surface area contributed by atoms with E-state index in [1.165, 1.54) is 0 Å². The zero-order valence-electron chi connectivity index (χ0n) is 14.7. The van der Waals surface area contributed by atoms with Crippen molar-refractivity contribution in [2.75, 3.05) is 33.3 Å². The number of amides is 1. The standard InChI is InChI=1S/C18H28N2O3.ClH/c1-4-20(13-16(21)15-7-5-14(2)6-8-15)17(22)18(23-3)9-11-19-12-10-18;/h5-8,16,19,21H,4,9-13H2,1-3H3;1H. The maximum atomic E-state index is 13.0. The molecule has 0 spiro atoms. The Bertz CT molecular complexity index is 516. The fourth-order valence-corrected chi connectivity index (χ4v) is 3.08. The van der Waals surface area contributed by atoms with Gasteiger partial charge in [-0.25, -0.2) is 0 Å². The van der Waals surface area contributed by atoms with Crippen LogP contribution in [0.2, 0.25) is 0 Å². The zero-order chi connectivity index (χ0) is 16.9. The maximum Gasteiger partial charge on any atom is 0.254 e. The summed E-state index contributed by atoms with van der Waals surface area (Å²) in [4.78, 5) is 14.7. The average Bonchev–Trinajstić information content (AvgIpc) is 2.60. The molecule has 1 amide bonds. The van der Waals surface area contributed by atoms with E-state index in [9.17, 15) is 9.90 Å². The van der Waals surface area contributed by atoms with E-state index in [-0.39, 0.29) is 24.9 Å². The van der Waals surface area contributed by atoms with Crippen molar-refractivity contribution in [3.8, 4) is 0 Å². The number of nitrogens with zero attached hydrogens (tertiary/aromatic N) is 1. The number of carbonyl (C=O) groups excluding carboxylic acids is 1. The van der Waals surface area contributed by atoms with Crippen LogP contribution in [0.3, 0.4) is 0 Å². The van der Waals surface area contributed by atoms with Crippen LogP contribution < -0.4 is 5.32 Å². The molecule has 6 heteroatoms. The van der Waals surface area contributed by atoms with Crippen LogP contribution in [0.5, 0.6) is 0 Å². The summed E-state index contributed by atoms with van der Waals surface area (Å²) in [6, 6.07) is 7.77. The van der Waals surface area contributed by atoms with Crippen molar-refractivity contribution in [3.05, 3.63) is 35.4 Å². The lowest BCUT2D eigenvalue weighted by Crippen LogP contribution is -2.55. The number of aliphatic hydroxyl groups is 1. The zero-order valence-corrected chi connectivity index (χ0v) is 15.6. The highest BCUT2D eigenvalue weighted by Crippen LogP contribution is 2.26. The minimum atomic E-state index is -0.756. The molecule has 1 atom stereocenters. The number of aliphatic hydroxyl groups excluding tert-OH is 1. The molecule has 0 saturated carbocycles. The molecule has 136 valence electrons. The van der Waals surface area contributed by atoms with E-state index in [2.05, 4.69) is 5.32 Å². The topological polar surface area (TPSA) is 61.8 Å². The number of rotatable bonds is 6. The Morgan fingerprint density at radius 1 is 1.33 bits per heavy atom. The van der Waals surface area contributed by atoms with Crippen LogP contribution in [0.1, 0.15) is 37.0 Å². The number of nitrogens with one attached hydrogen (secondary N) is 1. The van der Waals surface area contributed by atoms with Gasteiger partial charge in [0.1, 0.15) is 5.60 Å². The van der Waals surface area contributed by atoms with Gasteiger partial charge in [0.2, 0.25) is 0 Å². The third kappa shape index (κ3) is 4.70. The minimum Gasteiger partial charge on any atom is -0.387 e. The van der Waals surface area contributed by atoms with Gasteiger partial charge in [-0.3, -0.25) is 4.79 Å². The Morgan fingerprint density at radius 2 is 1.92 bits per heavy atom. The summed E-state index contributed by atoms with van der Waals surface area (Å²) in [6.45, 7) is 6.34. The molecule has 1 fully saturated rings. The summed E-state index contributed by atoms with van der Waals surface area (Å²) in [5, 5.41) is 13.7. The molecule has 0 bridgehead atoms. The Hall–Kier alpha value is -1.14. The average molecular weight is 357 g/mol. The molecule has 0 radical (unpaired) electrons. The van der Waals surface area contributed by atoms with Gasteiger partial charge in [0.15, 0.2) is 0 Å². The van der Waals surface area contributed by atoms with Crippen molar-refractivity contribution >= 4 is 18.3 Å². The molecule has 1 aliphatic heterocycles. The number of hydrogen-bond acceptors (Lipinski definition) is 4. The van der Waals surface area contributed by atoms with Gasteiger partial charge in [0.25, 0.3) is 5.91 Å². The third-order valence-electron chi connectivity index (χ3n) is 4.72. The Morgan fingerprint density at radius 3 is 2.42 bits per heavy atom. The van der Waals surface area contributed by atoms with Gasteiger partial charge in [0, 0.05) is 13.7 Å². The normalized spacial score (nSPS) is 17.7. The molecule has 1 saturated heterocycles. The largest absolute Gasteiger partial charge is 0.387 e. The number of ether oxygens (including phenoxy) is 1. The highest BCUT2D eigenvalue weighted by Gasteiger charge is 2.42. The first-order valence-corrected chi connectivity index (χ1v) is 8.32. The first kappa shape index (κ1) is 20.9. The van der Waals surface area contributed by atoms with E-state index in [0.717, 1.165) is 24.2 Å². The summed E-state index contributed by atoms with van der Waals surface area (Å²) >= 11 is 0. The highest BCUT2D eigenvalue weighted by molar-refractivity contribution is 5.85. The summed E-state index contributed by atoms with van der Waals surface area (Å²) in [6.07, 6.45) is 0.647. The van der Waals surface area contributed by atoms with Crippen molar-refractivity contribution in [1.82, 2.24) is 10.2 Å². The van der Waals surface area contributed by atoms with Gasteiger partial charge < -0.3 is 20.1 Å². The van der Waals surface area contributed by atoms with Crippen LogP contribution in [0, 0.1) is 6.92 Å². The highest BCUT2D eigenvalue weighted by atomic mass is 35.5. The van der Waals surface area contributed by atoms with E-state index in [4.69, 9.17) is 4.74 Å². The maximum absolute atomic E-state index is 13.0. The summed E-state index contributed by atoms with van der Waals surface area (Å²) in [7, 11) is 1.60. The second-order valence-corrected chi connectivity index (χ2v) is 6.22. The predicted molar refractivity (Wildman–Crippen MR) is 97.5 cm³/mol. The number of halogens is 1. The molecule has 1 unspecified atom stereocenters. The number of benzene rings is 1. The fourth-order valence-electron chi connectivity index (χ4n) is 3.08. The number of piperidine rings is 1. The van der Waals surface area contributed by atoms with Gasteiger partial charge in [0.05, 0.1) is 12.6 Å². The second-order valence-electron chi connectivity index (χ2n) is 6.22. The van der Waals surface area contributed by atoms with Crippen LogP contribution in [0.4, 0.5) is 0 Å². The lowest BCUT2D eigenvalue weighted by atomic mass is 9.90. The molecular weight excluding hydrogens is 328 g/mol. The Balaban J connectivity index is 0.00000288. The van der Waals surface area contributed by atoms with Crippen LogP contribution in [0.25, 0.3) is 0 Å². The number of aryl methyl sites for hydroxylation is 1. The quantitative estimate of drug-likeness (QED) is 0.819.